The first-order chi connectivity index (χ1) is 8.29. The Bertz CT molecular complexity index is 466. The van der Waals surface area contributed by atoms with E-state index in [1.54, 1.807) is 6.21 Å². The van der Waals surface area contributed by atoms with E-state index >= 15 is 0 Å². The average Bonchev–Trinajstić information content (AvgIpc) is 2.77. The van der Waals surface area contributed by atoms with E-state index in [9.17, 15) is 0 Å². The molecule has 0 spiro atoms. The molecule has 0 saturated carbocycles. The zero-order chi connectivity index (χ0) is 12.1. The van der Waals surface area contributed by atoms with E-state index < -0.39 is 0 Å². The van der Waals surface area contributed by atoms with Crippen molar-refractivity contribution in [1.29, 1.82) is 0 Å². The lowest BCUT2D eigenvalue weighted by Gasteiger charge is -1.97. The van der Waals surface area contributed by atoms with Crippen LogP contribution in [0.15, 0.2) is 46.6 Å². The van der Waals surface area contributed by atoms with Crippen LogP contribution < -0.4 is 0 Å². The molecule has 0 amide bonds. The largest absolute Gasteiger partial charge is 0.411 e. The van der Waals surface area contributed by atoms with Gasteiger partial charge in [0.25, 0.3) is 0 Å². The van der Waals surface area contributed by atoms with Crippen molar-refractivity contribution >= 4 is 12.3 Å². The van der Waals surface area contributed by atoms with Gasteiger partial charge in [0.1, 0.15) is 0 Å². The standard InChI is InChI=1S/C15H17NO/c1-12-5-7-13(8-6-12)9-10-14-3-2-4-15(14)11-16-17/h5-11,17H,2-4H2,1H3. The number of rotatable bonds is 3. The van der Waals surface area contributed by atoms with Gasteiger partial charge in [-0.25, -0.2) is 0 Å². The fourth-order valence-electron chi connectivity index (χ4n) is 2.07. The number of hydrogen-bond acceptors (Lipinski definition) is 2. The summed E-state index contributed by atoms with van der Waals surface area (Å²) < 4.78 is 0. The molecule has 1 aliphatic rings. The summed E-state index contributed by atoms with van der Waals surface area (Å²) in [7, 11) is 0. The molecule has 0 saturated heterocycles. The first-order valence-corrected chi connectivity index (χ1v) is 5.94. The summed E-state index contributed by atoms with van der Waals surface area (Å²) in [5.41, 5.74) is 4.91. The fraction of sp³-hybridized carbons (Fsp3) is 0.267. The first kappa shape index (κ1) is 11.6. The molecule has 0 heterocycles. The highest BCUT2D eigenvalue weighted by atomic mass is 16.4. The van der Waals surface area contributed by atoms with Gasteiger partial charge in [0.05, 0.1) is 6.21 Å². The summed E-state index contributed by atoms with van der Waals surface area (Å²) >= 11 is 0. The van der Waals surface area contributed by atoms with Crippen molar-refractivity contribution in [3.8, 4) is 0 Å². The third-order valence-electron chi connectivity index (χ3n) is 3.07. The number of nitrogens with zero attached hydrogens (tertiary/aromatic N) is 1. The molecule has 0 radical (unpaired) electrons. The van der Waals surface area contributed by atoms with Crippen LogP contribution in [0.3, 0.4) is 0 Å². The Labute approximate surface area is 102 Å². The van der Waals surface area contributed by atoms with Gasteiger partial charge in [-0.3, -0.25) is 0 Å². The summed E-state index contributed by atoms with van der Waals surface area (Å²) in [6.07, 6.45) is 9.04. The fourth-order valence-corrected chi connectivity index (χ4v) is 2.07. The minimum atomic E-state index is 1.01. The molecule has 0 aliphatic heterocycles. The lowest BCUT2D eigenvalue weighted by atomic mass is 10.1. The summed E-state index contributed by atoms with van der Waals surface area (Å²) in [5, 5.41) is 11.7. The normalized spacial score (nSPS) is 16.5. The number of hydrogen-bond donors (Lipinski definition) is 1. The van der Waals surface area contributed by atoms with Crippen molar-refractivity contribution in [3.63, 3.8) is 0 Å². The third kappa shape index (κ3) is 3.06. The van der Waals surface area contributed by atoms with Gasteiger partial charge < -0.3 is 5.21 Å². The smallest absolute Gasteiger partial charge is 0.0696 e. The molecule has 2 heteroatoms. The van der Waals surface area contributed by atoms with Crippen molar-refractivity contribution in [3.05, 3.63) is 52.6 Å². The maximum absolute atomic E-state index is 8.57. The molecular formula is C15H17NO. The van der Waals surface area contributed by atoms with Gasteiger partial charge in [-0.15, -0.1) is 0 Å². The minimum absolute atomic E-state index is 1.01. The van der Waals surface area contributed by atoms with Gasteiger partial charge in [-0.05, 0) is 42.9 Å². The van der Waals surface area contributed by atoms with Crippen molar-refractivity contribution in [2.45, 2.75) is 26.2 Å². The van der Waals surface area contributed by atoms with Gasteiger partial charge in [0, 0.05) is 0 Å². The topological polar surface area (TPSA) is 32.6 Å². The molecule has 1 aliphatic carbocycles. The molecule has 0 aromatic heterocycles. The lowest BCUT2D eigenvalue weighted by molar-refractivity contribution is 0.321. The van der Waals surface area contributed by atoms with E-state index in [1.165, 1.54) is 16.7 Å². The Balaban J connectivity index is 2.15. The quantitative estimate of drug-likeness (QED) is 0.473. The van der Waals surface area contributed by atoms with Crippen molar-refractivity contribution in [1.82, 2.24) is 0 Å². The Morgan fingerprint density at radius 2 is 1.76 bits per heavy atom. The molecule has 0 atom stereocenters. The van der Waals surface area contributed by atoms with E-state index in [1.807, 2.05) is 0 Å². The Kier molecular flexibility index (Phi) is 3.76. The van der Waals surface area contributed by atoms with Crippen molar-refractivity contribution < 1.29 is 5.21 Å². The SMILES string of the molecule is Cc1ccc(C=CC2=C(C=NO)CCC2)cc1. The highest BCUT2D eigenvalue weighted by Crippen LogP contribution is 2.26. The van der Waals surface area contributed by atoms with Crippen LogP contribution in [-0.2, 0) is 0 Å². The monoisotopic (exact) mass is 227 g/mol. The molecule has 0 bridgehead atoms. The zero-order valence-corrected chi connectivity index (χ0v) is 10.1. The number of oxime groups is 1. The molecule has 2 nitrogen and oxygen atoms in total. The van der Waals surface area contributed by atoms with Crippen LogP contribution in [-0.4, -0.2) is 11.4 Å². The van der Waals surface area contributed by atoms with Gasteiger partial charge in [0.15, 0.2) is 0 Å². The summed E-state index contributed by atoms with van der Waals surface area (Å²) in [5.74, 6) is 0. The molecule has 1 N–H and O–H groups in total. The van der Waals surface area contributed by atoms with Crippen LogP contribution in [0.5, 0.6) is 0 Å². The predicted octanol–water partition coefficient (Wildman–Crippen LogP) is 3.95. The molecule has 2 rings (SSSR count). The maximum atomic E-state index is 8.57. The van der Waals surface area contributed by atoms with Gasteiger partial charge in [0.2, 0.25) is 0 Å². The first-order valence-electron chi connectivity index (χ1n) is 5.94. The summed E-state index contributed by atoms with van der Waals surface area (Å²) in [6.45, 7) is 2.09. The molecule has 1 aromatic rings. The number of aryl methyl sites for hydroxylation is 1. The van der Waals surface area contributed by atoms with Gasteiger partial charge >= 0.3 is 0 Å². The van der Waals surface area contributed by atoms with Crippen LogP contribution in [0.25, 0.3) is 6.08 Å². The minimum Gasteiger partial charge on any atom is -0.411 e. The Hall–Kier alpha value is -1.83. The predicted molar refractivity (Wildman–Crippen MR) is 71.4 cm³/mol. The number of allylic oxidation sites excluding steroid dienone is 3. The second kappa shape index (κ2) is 5.48. The van der Waals surface area contributed by atoms with E-state index in [0.717, 1.165) is 24.8 Å². The summed E-state index contributed by atoms with van der Waals surface area (Å²) in [6, 6.07) is 8.44. The van der Waals surface area contributed by atoms with Crippen LogP contribution in [0.1, 0.15) is 30.4 Å². The third-order valence-corrected chi connectivity index (χ3v) is 3.07. The highest BCUT2D eigenvalue weighted by Gasteiger charge is 2.10. The molecule has 88 valence electrons. The lowest BCUT2D eigenvalue weighted by Crippen LogP contribution is -1.82. The van der Waals surface area contributed by atoms with Gasteiger partial charge in [-0.2, -0.15) is 0 Å². The van der Waals surface area contributed by atoms with Crippen LogP contribution in [0.2, 0.25) is 0 Å². The summed E-state index contributed by atoms with van der Waals surface area (Å²) in [4.78, 5) is 0. The van der Waals surface area contributed by atoms with E-state index in [4.69, 9.17) is 5.21 Å². The Morgan fingerprint density at radius 1 is 1.06 bits per heavy atom. The van der Waals surface area contributed by atoms with Crippen LogP contribution >= 0.6 is 0 Å². The van der Waals surface area contributed by atoms with Gasteiger partial charge in [-0.1, -0.05) is 47.1 Å². The molecule has 0 unspecified atom stereocenters. The van der Waals surface area contributed by atoms with Crippen molar-refractivity contribution in [2.24, 2.45) is 5.16 Å². The van der Waals surface area contributed by atoms with Crippen molar-refractivity contribution in [2.75, 3.05) is 0 Å². The van der Waals surface area contributed by atoms with E-state index in [0.29, 0.717) is 0 Å². The Morgan fingerprint density at radius 3 is 2.47 bits per heavy atom. The van der Waals surface area contributed by atoms with Crippen LogP contribution in [0, 0.1) is 6.92 Å². The highest BCUT2D eigenvalue weighted by molar-refractivity contribution is 5.81. The second-order valence-corrected chi connectivity index (χ2v) is 4.39. The molecule has 1 aromatic carbocycles. The zero-order valence-electron chi connectivity index (χ0n) is 10.1. The second-order valence-electron chi connectivity index (χ2n) is 4.39. The van der Waals surface area contributed by atoms with E-state index in [2.05, 4.69) is 48.5 Å². The van der Waals surface area contributed by atoms with E-state index in [-0.39, 0.29) is 0 Å². The molecule has 0 fully saturated rings. The van der Waals surface area contributed by atoms with Crippen LogP contribution in [0.4, 0.5) is 0 Å². The molecular weight excluding hydrogens is 210 g/mol. The maximum Gasteiger partial charge on any atom is 0.0696 e. The number of benzene rings is 1. The molecule has 17 heavy (non-hydrogen) atoms. The average molecular weight is 227 g/mol.